The van der Waals surface area contributed by atoms with E-state index in [0.29, 0.717) is 11.3 Å². The first-order valence-electron chi connectivity index (χ1n) is 7.88. The number of aliphatic hydroxyl groups is 1. The lowest BCUT2D eigenvalue weighted by molar-refractivity contribution is 0.0477. The lowest BCUT2D eigenvalue weighted by Gasteiger charge is -2.26. The molecular formula is C21H24O3. The number of ether oxygens (including phenoxy) is 2. The molecule has 3 heteroatoms. The Kier molecular flexibility index (Phi) is 5.66. The highest BCUT2D eigenvalue weighted by Gasteiger charge is 2.25. The van der Waals surface area contributed by atoms with Gasteiger partial charge in [-0.2, -0.15) is 0 Å². The molecule has 0 saturated carbocycles. The van der Waals surface area contributed by atoms with Gasteiger partial charge in [-0.15, -0.1) is 6.42 Å². The summed E-state index contributed by atoms with van der Waals surface area (Å²) in [7, 11) is 1.56. The summed E-state index contributed by atoms with van der Waals surface area (Å²) in [5.41, 5.74) is 3.43. The highest BCUT2D eigenvalue weighted by atomic mass is 16.7. The molecule has 1 unspecified atom stereocenters. The average Bonchev–Trinajstić information content (AvgIpc) is 2.58. The maximum absolute atomic E-state index is 10.3. The van der Waals surface area contributed by atoms with E-state index in [-0.39, 0.29) is 12.2 Å². The van der Waals surface area contributed by atoms with Crippen molar-refractivity contribution in [1.29, 1.82) is 0 Å². The minimum absolute atomic E-state index is 0.0953. The van der Waals surface area contributed by atoms with Gasteiger partial charge in [0.25, 0.3) is 0 Å². The molecule has 24 heavy (non-hydrogen) atoms. The Morgan fingerprint density at radius 3 is 2.33 bits per heavy atom. The van der Waals surface area contributed by atoms with Crippen LogP contribution in [-0.2, 0) is 10.2 Å². The minimum Gasteiger partial charge on any atom is -0.467 e. The quantitative estimate of drug-likeness (QED) is 0.658. The largest absolute Gasteiger partial charge is 0.467 e. The van der Waals surface area contributed by atoms with Gasteiger partial charge >= 0.3 is 0 Å². The smallest absolute Gasteiger partial charge is 0.188 e. The molecule has 126 valence electrons. The van der Waals surface area contributed by atoms with E-state index in [1.165, 1.54) is 0 Å². The molecule has 0 bridgehead atoms. The van der Waals surface area contributed by atoms with Gasteiger partial charge in [-0.25, -0.2) is 0 Å². The Morgan fingerprint density at radius 1 is 1.12 bits per heavy atom. The molecule has 0 aliphatic carbocycles. The van der Waals surface area contributed by atoms with E-state index in [9.17, 15) is 5.11 Å². The van der Waals surface area contributed by atoms with Gasteiger partial charge in [0.05, 0.1) is 0 Å². The maximum Gasteiger partial charge on any atom is 0.188 e. The first-order chi connectivity index (χ1) is 11.4. The lowest BCUT2D eigenvalue weighted by Crippen LogP contribution is -2.17. The minimum atomic E-state index is -1.04. The fourth-order valence-corrected chi connectivity index (χ4v) is 2.58. The molecule has 1 N–H and O–H groups in total. The summed E-state index contributed by atoms with van der Waals surface area (Å²) in [6, 6.07) is 14.0. The van der Waals surface area contributed by atoms with E-state index in [2.05, 4.69) is 32.8 Å². The van der Waals surface area contributed by atoms with Crippen molar-refractivity contribution in [3.63, 3.8) is 0 Å². The van der Waals surface area contributed by atoms with Gasteiger partial charge in [-0.3, -0.25) is 0 Å². The van der Waals surface area contributed by atoms with E-state index in [1.54, 1.807) is 7.11 Å². The molecule has 0 aliphatic rings. The zero-order valence-electron chi connectivity index (χ0n) is 14.7. The van der Waals surface area contributed by atoms with Gasteiger partial charge in [-0.1, -0.05) is 57.0 Å². The number of terminal acetylenes is 1. The molecule has 2 rings (SSSR count). The molecule has 1 atom stereocenters. The standard InChI is InChI=1S/C21H24O3/c1-6-19(22)17-12-16(15-10-8-7-9-11-15)13-18(21(2,3)4)20(17)24-14-23-5/h1,7-13,19,22H,14H2,2-5H3. The maximum atomic E-state index is 10.3. The fourth-order valence-electron chi connectivity index (χ4n) is 2.58. The summed E-state index contributed by atoms with van der Waals surface area (Å²) < 4.78 is 10.8. The summed E-state index contributed by atoms with van der Waals surface area (Å²) in [5.74, 6) is 2.98. The highest BCUT2D eigenvalue weighted by molar-refractivity contribution is 5.69. The highest BCUT2D eigenvalue weighted by Crippen LogP contribution is 2.40. The van der Waals surface area contributed by atoms with Gasteiger partial charge in [0.2, 0.25) is 0 Å². The molecule has 0 aromatic heterocycles. The second-order valence-corrected chi connectivity index (χ2v) is 6.68. The summed E-state index contributed by atoms with van der Waals surface area (Å²) in [5, 5.41) is 10.3. The van der Waals surface area contributed by atoms with Crippen molar-refractivity contribution in [1.82, 2.24) is 0 Å². The van der Waals surface area contributed by atoms with Crippen molar-refractivity contribution in [2.75, 3.05) is 13.9 Å². The van der Waals surface area contributed by atoms with Crippen LogP contribution in [0.4, 0.5) is 0 Å². The number of hydrogen-bond donors (Lipinski definition) is 1. The normalized spacial score (nSPS) is 12.5. The fraction of sp³-hybridized carbons (Fsp3) is 0.333. The second-order valence-electron chi connectivity index (χ2n) is 6.68. The molecule has 0 aliphatic heterocycles. The van der Waals surface area contributed by atoms with E-state index < -0.39 is 6.10 Å². The van der Waals surface area contributed by atoms with Gasteiger partial charge in [0.1, 0.15) is 11.9 Å². The van der Waals surface area contributed by atoms with Gasteiger partial charge < -0.3 is 14.6 Å². The van der Waals surface area contributed by atoms with E-state index in [0.717, 1.165) is 16.7 Å². The van der Waals surface area contributed by atoms with Crippen LogP contribution in [0.25, 0.3) is 11.1 Å². The zero-order chi connectivity index (χ0) is 17.7. The first-order valence-corrected chi connectivity index (χ1v) is 7.88. The Morgan fingerprint density at radius 2 is 1.79 bits per heavy atom. The van der Waals surface area contributed by atoms with Crippen LogP contribution < -0.4 is 4.74 Å². The number of rotatable bonds is 5. The molecule has 0 fully saturated rings. The molecule has 2 aromatic carbocycles. The van der Waals surface area contributed by atoms with E-state index in [1.807, 2.05) is 36.4 Å². The molecule has 0 saturated heterocycles. The molecular weight excluding hydrogens is 300 g/mol. The van der Waals surface area contributed by atoms with Crippen molar-refractivity contribution < 1.29 is 14.6 Å². The Labute approximate surface area is 144 Å². The van der Waals surface area contributed by atoms with Crippen LogP contribution in [0.1, 0.15) is 38.0 Å². The molecule has 0 spiro atoms. The van der Waals surface area contributed by atoms with Gasteiger partial charge in [0, 0.05) is 18.2 Å². The second kappa shape index (κ2) is 7.53. The predicted molar refractivity (Wildman–Crippen MR) is 96.9 cm³/mol. The van der Waals surface area contributed by atoms with Crippen molar-refractivity contribution in [3.8, 4) is 29.2 Å². The van der Waals surface area contributed by atoms with Crippen LogP contribution in [0.15, 0.2) is 42.5 Å². The molecule has 0 radical (unpaired) electrons. The number of benzene rings is 2. The van der Waals surface area contributed by atoms with Crippen LogP contribution >= 0.6 is 0 Å². The third kappa shape index (κ3) is 3.97. The monoisotopic (exact) mass is 324 g/mol. The van der Waals surface area contributed by atoms with Crippen LogP contribution in [0.3, 0.4) is 0 Å². The summed E-state index contributed by atoms with van der Waals surface area (Å²) in [6.07, 6.45) is 4.42. The molecule has 0 amide bonds. The Balaban J connectivity index is 2.71. The number of aliphatic hydroxyl groups excluding tert-OH is 1. The third-order valence-electron chi connectivity index (χ3n) is 3.81. The number of hydrogen-bond acceptors (Lipinski definition) is 3. The van der Waals surface area contributed by atoms with Crippen molar-refractivity contribution in [3.05, 3.63) is 53.6 Å². The summed E-state index contributed by atoms with van der Waals surface area (Å²) in [4.78, 5) is 0. The molecule has 2 aromatic rings. The van der Waals surface area contributed by atoms with E-state index in [4.69, 9.17) is 15.9 Å². The average molecular weight is 324 g/mol. The van der Waals surface area contributed by atoms with Gasteiger partial charge in [-0.05, 0) is 28.7 Å². The van der Waals surface area contributed by atoms with Crippen LogP contribution in [-0.4, -0.2) is 19.0 Å². The third-order valence-corrected chi connectivity index (χ3v) is 3.81. The predicted octanol–water partition coefficient (Wildman–Crippen LogP) is 4.30. The van der Waals surface area contributed by atoms with Crippen molar-refractivity contribution >= 4 is 0 Å². The topological polar surface area (TPSA) is 38.7 Å². The summed E-state index contributed by atoms with van der Waals surface area (Å²) >= 11 is 0. The zero-order valence-corrected chi connectivity index (χ0v) is 14.7. The van der Waals surface area contributed by atoms with Crippen molar-refractivity contribution in [2.45, 2.75) is 32.3 Å². The van der Waals surface area contributed by atoms with Crippen molar-refractivity contribution in [2.24, 2.45) is 0 Å². The lowest BCUT2D eigenvalue weighted by atomic mass is 9.82. The van der Waals surface area contributed by atoms with E-state index >= 15 is 0 Å². The molecule has 3 nitrogen and oxygen atoms in total. The van der Waals surface area contributed by atoms with Crippen LogP contribution in [0.2, 0.25) is 0 Å². The van der Waals surface area contributed by atoms with Crippen LogP contribution in [0, 0.1) is 12.3 Å². The Hall–Kier alpha value is -2.28. The van der Waals surface area contributed by atoms with Gasteiger partial charge in [0.15, 0.2) is 6.79 Å². The summed E-state index contributed by atoms with van der Waals surface area (Å²) in [6.45, 7) is 6.40. The van der Waals surface area contributed by atoms with Crippen LogP contribution in [0.5, 0.6) is 5.75 Å². The number of methoxy groups -OCH3 is 1. The molecule has 0 heterocycles. The Bertz CT molecular complexity index is 721. The first kappa shape index (κ1) is 18.1. The SMILES string of the molecule is C#CC(O)c1cc(-c2ccccc2)cc(C(C)(C)C)c1OCOC.